The second-order valence-electron chi connectivity index (χ2n) is 16.6. The van der Waals surface area contributed by atoms with Crippen LogP contribution in [0.3, 0.4) is 0 Å². The van der Waals surface area contributed by atoms with Gasteiger partial charge in [-0.1, -0.05) is 58.0 Å². The first-order chi connectivity index (χ1) is 30.4. The highest BCUT2D eigenvalue weighted by molar-refractivity contribution is 6.11. The number of guanidine groups is 1. The standard InChI is InChI=1S/C41H65N13O11/c1-20(2)14-24(42)34(59)53-29(19-55)38(63)49-25(12-9-13-47-41(45)46)35(60)50-26(15-21(3)4)36(61)51-27(16-23-10-7-6-8-11-23)37(62)52-28-17-32(57)54(40(28)65)30(18-31(43)56)39(64)48-22(5)33(44)58/h6-8,10-11,20-22,24-30,55H,9,12-19,42H2,1-5H3,(H2,43,56)(H2,44,58)(H,48,64)(H,49,63)(H,50,60)(H,51,61)(H,52,62)(H,53,59)(H4,45,46,47)/t22-,24-,25-,26-,27-,28-,29-,30+/m0/s1. The Morgan fingerprint density at radius 1 is 0.723 bits per heavy atom. The van der Waals surface area contributed by atoms with Crippen LogP contribution >= 0.6 is 0 Å². The van der Waals surface area contributed by atoms with Crippen molar-refractivity contribution < 1.29 is 53.1 Å². The van der Waals surface area contributed by atoms with Crippen molar-refractivity contribution in [2.45, 2.75) is 128 Å². The van der Waals surface area contributed by atoms with Crippen molar-refractivity contribution in [2.24, 2.45) is 45.5 Å². The maximum Gasteiger partial charge on any atom is 0.253 e. The second-order valence-corrected chi connectivity index (χ2v) is 16.6. The second kappa shape index (κ2) is 26.2. The number of likely N-dealkylation sites (tertiary alicyclic amines) is 1. The maximum atomic E-state index is 14.1. The smallest absolute Gasteiger partial charge is 0.253 e. The molecule has 0 spiro atoms. The largest absolute Gasteiger partial charge is 0.394 e. The van der Waals surface area contributed by atoms with E-state index in [0.29, 0.717) is 16.9 Å². The lowest BCUT2D eigenvalue weighted by Gasteiger charge is -2.28. The summed E-state index contributed by atoms with van der Waals surface area (Å²) in [7, 11) is 0. The Balaban J connectivity index is 2.40. The summed E-state index contributed by atoms with van der Waals surface area (Å²) in [5, 5.41) is 24.9. The first kappa shape index (κ1) is 54.4. The molecule has 0 aliphatic carbocycles. The number of nitrogens with two attached hydrogens (primary N) is 5. The molecule has 17 N–H and O–H groups in total. The Morgan fingerprint density at radius 3 is 1.83 bits per heavy atom. The maximum absolute atomic E-state index is 14.1. The van der Waals surface area contributed by atoms with Gasteiger partial charge in [0.15, 0.2) is 5.96 Å². The van der Waals surface area contributed by atoms with Gasteiger partial charge in [0.1, 0.15) is 42.3 Å². The molecular formula is C41H65N13O11. The van der Waals surface area contributed by atoms with Gasteiger partial charge in [0.2, 0.25) is 53.2 Å². The summed E-state index contributed by atoms with van der Waals surface area (Å²) in [6.45, 7) is 7.69. The number of aliphatic hydroxyl groups excluding tert-OH is 1. The average Bonchev–Trinajstić information content (AvgIpc) is 3.49. The third-order valence-electron chi connectivity index (χ3n) is 10.0. The minimum absolute atomic E-state index is 0.0250. The zero-order valence-electron chi connectivity index (χ0n) is 37.3. The minimum atomic E-state index is -1.78. The molecule has 65 heavy (non-hydrogen) atoms. The molecule has 0 bridgehead atoms. The van der Waals surface area contributed by atoms with Crippen LogP contribution in [0.2, 0.25) is 0 Å². The Labute approximate surface area is 376 Å². The third kappa shape index (κ3) is 18.1. The van der Waals surface area contributed by atoms with E-state index >= 15 is 0 Å². The number of hydrogen-bond acceptors (Lipinski definition) is 13. The van der Waals surface area contributed by atoms with Crippen molar-refractivity contribution in [2.75, 3.05) is 13.2 Å². The molecule has 0 radical (unpaired) electrons. The highest BCUT2D eigenvalue weighted by Crippen LogP contribution is 2.20. The third-order valence-corrected chi connectivity index (χ3v) is 10.0. The zero-order valence-corrected chi connectivity index (χ0v) is 37.3. The number of carbonyl (C=O) groups excluding carboxylic acids is 10. The predicted molar refractivity (Wildman–Crippen MR) is 235 cm³/mol. The quantitative estimate of drug-likeness (QED) is 0.0171. The van der Waals surface area contributed by atoms with E-state index in [1.165, 1.54) is 6.92 Å². The lowest BCUT2D eigenvalue weighted by Crippen LogP contribution is -2.60. The Hall–Kier alpha value is -6.69. The molecule has 1 aliphatic heterocycles. The van der Waals surface area contributed by atoms with Crippen LogP contribution in [0.5, 0.6) is 0 Å². The van der Waals surface area contributed by atoms with E-state index in [-0.39, 0.29) is 50.0 Å². The number of benzene rings is 1. The van der Waals surface area contributed by atoms with Crippen molar-refractivity contribution in [3.05, 3.63) is 35.9 Å². The van der Waals surface area contributed by atoms with Crippen LogP contribution in [0, 0.1) is 11.8 Å². The summed E-state index contributed by atoms with van der Waals surface area (Å²) < 4.78 is 0. The molecule has 24 heteroatoms. The van der Waals surface area contributed by atoms with Gasteiger partial charge in [0.25, 0.3) is 5.91 Å². The van der Waals surface area contributed by atoms with Crippen molar-refractivity contribution in [1.82, 2.24) is 36.8 Å². The molecule has 0 saturated carbocycles. The van der Waals surface area contributed by atoms with Crippen LogP contribution in [0.1, 0.15) is 78.7 Å². The van der Waals surface area contributed by atoms with Crippen molar-refractivity contribution in [3.63, 3.8) is 0 Å². The molecule has 1 heterocycles. The summed E-state index contributed by atoms with van der Waals surface area (Å²) in [5.74, 6) is -9.72. The van der Waals surface area contributed by atoms with Gasteiger partial charge in [-0.25, -0.2) is 0 Å². The van der Waals surface area contributed by atoms with Gasteiger partial charge in [0.05, 0.1) is 25.5 Å². The summed E-state index contributed by atoms with van der Waals surface area (Å²) in [6, 6.07) is -2.75. The highest BCUT2D eigenvalue weighted by atomic mass is 16.3. The van der Waals surface area contributed by atoms with Crippen LogP contribution in [-0.2, 0) is 54.4 Å². The van der Waals surface area contributed by atoms with Crippen molar-refractivity contribution in [3.8, 4) is 0 Å². The molecule has 10 amide bonds. The molecule has 1 aliphatic rings. The van der Waals surface area contributed by atoms with E-state index in [4.69, 9.17) is 28.7 Å². The number of carbonyl (C=O) groups is 10. The summed E-state index contributed by atoms with van der Waals surface area (Å²) in [6.07, 6.45) is -1.18. The number of aliphatic imine (C=N–C) groups is 1. The van der Waals surface area contributed by atoms with E-state index in [2.05, 4.69) is 36.9 Å². The lowest BCUT2D eigenvalue weighted by molar-refractivity contribution is -0.148. The van der Waals surface area contributed by atoms with Gasteiger partial charge >= 0.3 is 0 Å². The zero-order chi connectivity index (χ0) is 49.1. The molecular weight excluding hydrogens is 851 g/mol. The van der Waals surface area contributed by atoms with E-state index in [0.717, 1.165) is 0 Å². The van der Waals surface area contributed by atoms with Gasteiger partial charge in [-0.05, 0) is 50.0 Å². The normalized spacial score (nSPS) is 16.8. The highest BCUT2D eigenvalue weighted by Gasteiger charge is 2.47. The minimum Gasteiger partial charge on any atom is -0.394 e. The monoisotopic (exact) mass is 915 g/mol. The van der Waals surface area contributed by atoms with E-state index in [1.807, 2.05) is 13.8 Å². The molecule has 8 atom stereocenters. The van der Waals surface area contributed by atoms with E-state index in [9.17, 15) is 53.1 Å². The lowest BCUT2D eigenvalue weighted by atomic mass is 10.00. The van der Waals surface area contributed by atoms with Crippen LogP contribution < -0.4 is 60.6 Å². The molecule has 24 nitrogen and oxygen atoms in total. The number of nitrogens with zero attached hydrogens (tertiary/aromatic N) is 2. The van der Waals surface area contributed by atoms with Gasteiger partial charge in [-0.2, -0.15) is 0 Å². The Kier molecular flexibility index (Phi) is 21.9. The predicted octanol–water partition coefficient (Wildman–Crippen LogP) is -4.89. The summed E-state index contributed by atoms with van der Waals surface area (Å²) >= 11 is 0. The van der Waals surface area contributed by atoms with Crippen LogP contribution in [0.25, 0.3) is 0 Å². The topological polar surface area (TPSA) is 409 Å². The molecule has 0 aromatic heterocycles. The van der Waals surface area contributed by atoms with Crippen LogP contribution in [-0.4, -0.2) is 137 Å². The summed E-state index contributed by atoms with van der Waals surface area (Å²) in [5.41, 5.74) is 27.9. The fourth-order valence-corrected chi connectivity index (χ4v) is 6.68. The molecule has 360 valence electrons. The number of imide groups is 1. The SMILES string of the molecule is CC(C)C[C@H](NC(=O)[C@H](CCCN=C(N)N)NC(=O)[C@H](CO)NC(=O)[C@@H](N)CC(C)C)C(=O)N[C@@H](Cc1ccccc1)C(=O)N[C@H]1CC(=O)N([C@H](CC(N)=O)C(=O)N[C@@H](C)C(N)=O)C1=O. The van der Waals surface area contributed by atoms with Crippen LogP contribution in [0.4, 0.5) is 0 Å². The Bertz CT molecular complexity index is 1910. The summed E-state index contributed by atoms with van der Waals surface area (Å²) in [4.78, 5) is 136. The van der Waals surface area contributed by atoms with Gasteiger partial charge in [0, 0.05) is 13.0 Å². The van der Waals surface area contributed by atoms with Crippen molar-refractivity contribution >= 4 is 65.0 Å². The fraction of sp³-hybridized carbons (Fsp3) is 0.585. The first-order valence-electron chi connectivity index (χ1n) is 21.2. The molecule has 0 unspecified atom stereocenters. The molecule has 1 fully saturated rings. The van der Waals surface area contributed by atoms with E-state index in [1.54, 1.807) is 44.2 Å². The number of nitrogens with one attached hydrogen (secondary N) is 6. The number of hydrogen-bond donors (Lipinski definition) is 12. The van der Waals surface area contributed by atoms with Crippen molar-refractivity contribution in [1.29, 1.82) is 0 Å². The average molecular weight is 916 g/mol. The Morgan fingerprint density at radius 2 is 1.28 bits per heavy atom. The molecule has 1 aromatic carbocycles. The molecule has 1 aromatic rings. The number of rotatable bonds is 27. The fourth-order valence-electron chi connectivity index (χ4n) is 6.68. The van der Waals surface area contributed by atoms with Gasteiger partial charge in [-0.15, -0.1) is 0 Å². The van der Waals surface area contributed by atoms with Crippen LogP contribution in [0.15, 0.2) is 35.3 Å². The van der Waals surface area contributed by atoms with E-state index < -0.39 is 127 Å². The number of aliphatic hydroxyl groups is 1. The number of amides is 10. The van der Waals surface area contributed by atoms with Gasteiger partial charge in [-0.3, -0.25) is 57.8 Å². The first-order valence-corrected chi connectivity index (χ1v) is 21.2. The van der Waals surface area contributed by atoms with Gasteiger partial charge < -0.3 is 65.7 Å². The molecule has 1 saturated heterocycles. The molecule has 2 rings (SSSR count). The number of primary amides is 2.